The number of aromatic carboxylic acids is 1. The highest BCUT2D eigenvalue weighted by atomic mass is 16.5. The van der Waals surface area contributed by atoms with E-state index in [0.717, 1.165) is 11.3 Å². The van der Waals surface area contributed by atoms with Gasteiger partial charge in [0.2, 0.25) is 0 Å². The Bertz CT molecular complexity index is 658. The van der Waals surface area contributed by atoms with Gasteiger partial charge in [0.25, 0.3) is 0 Å². The van der Waals surface area contributed by atoms with E-state index in [1.54, 1.807) is 19.2 Å². The zero-order chi connectivity index (χ0) is 15.6. The van der Waals surface area contributed by atoms with Crippen LogP contribution in [0.4, 0.5) is 0 Å². The Balaban J connectivity index is 2.51. The Morgan fingerprint density at radius 3 is 2.67 bits per heavy atom. The van der Waals surface area contributed by atoms with Gasteiger partial charge < -0.3 is 14.4 Å². The Hall–Kier alpha value is -2.30. The summed E-state index contributed by atoms with van der Waals surface area (Å²) in [5.41, 5.74) is 2.14. The molecule has 0 saturated heterocycles. The van der Waals surface area contributed by atoms with Crippen molar-refractivity contribution < 1.29 is 19.2 Å². The number of carboxylic acids is 1. The number of aryl methyl sites for hydroxylation is 1. The van der Waals surface area contributed by atoms with E-state index in [1.807, 2.05) is 26.8 Å². The molecule has 1 N–H and O–H groups in total. The number of methoxy groups -OCH3 is 1. The van der Waals surface area contributed by atoms with Crippen molar-refractivity contribution in [1.29, 1.82) is 0 Å². The zero-order valence-electron chi connectivity index (χ0n) is 12.6. The van der Waals surface area contributed by atoms with Crippen molar-refractivity contribution in [1.82, 2.24) is 5.16 Å². The molecule has 0 unspecified atom stereocenters. The average Bonchev–Trinajstić information content (AvgIpc) is 2.81. The van der Waals surface area contributed by atoms with E-state index in [-0.39, 0.29) is 5.56 Å². The molecule has 1 heterocycles. The van der Waals surface area contributed by atoms with E-state index in [1.165, 1.54) is 0 Å². The quantitative estimate of drug-likeness (QED) is 0.911. The summed E-state index contributed by atoms with van der Waals surface area (Å²) in [7, 11) is 1.60. The lowest BCUT2D eigenvalue weighted by atomic mass is 10.00. The van der Waals surface area contributed by atoms with Crippen LogP contribution >= 0.6 is 0 Å². The second-order valence-electron chi connectivity index (χ2n) is 5.42. The van der Waals surface area contributed by atoms with Crippen molar-refractivity contribution in [3.05, 3.63) is 35.1 Å². The van der Waals surface area contributed by atoms with Crippen LogP contribution in [0.25, 0.3) is 11.3 Å². The molecule has 5 heteroatoms. The minimum absolute atomic E-state index is 0.147. The molecule has 2 aromatic rings. The van der Waals surface area contributed by atoms with Crippen molar-refractivity contribution in [3.63, 3.8) is 0 Å². The molecule has 0 aliphatic rings. The first-order chi connectivity index (χ1) is 9.93. The van der Waals surface area contributed by atoms with Gasteiger partial charge in [0, 0.05) is 12.0 Å². The zero-order valence-corrected chi connectivity index (χ0v) is 12.6. The molecule has 0 radical (unpaired) electrons. The Labute approximate surface area is 123 Å². The van der Waals surface area contributed by atoms with Crippen LogP contribution in [0.15, 0.2) is 22.7 Å². The van der Waals surface area contributed by atoms with E-state index < -0.39 is 5.97 Å². The molecular formula is C16H19NO4. The van der Waals surface area contributed by atoms with Gasteiger partial charge in [-0.1, -0.05) is 19.0 Å². The van der Waals surface area contributed by atoms with Gasteiger partial charge in [-0.15, -0.1) is 0 Å². The first-order valence-corrected chi connectivity index (χ1v) is 6.80. The van der Waals surface area contributed by atoms with Crippen molar-refractivity contribution in [2.45, 2.75) is 27.2 Å². The molecule has 1 aromatic heterocycles. The number of carbonyl (C=O) groups is 1. The second-order valence-corrected chi connectivity index (χ2v) is 5.42. The normalized spacial score (nSPS) is 10.9. The highest BCUT2D eigenvalue weighted by Crippen LogP contribution is 2.30. The van der Waals surface area contributed by atoms with Crippen LogP contribution in [-0.2, 0) is 6.42 Å². The highest BCUT2D eigenvalue weighted by Gasteiger charge is 2.24. The van der Waals surface area contributed by atoms with Crippen LogP contribution in [0.2, 0.25) is 0 Å². The van der Waals surface area contributed by atoms with Gasteiger partial charge in [0.1, 0.15) is 17.0 Å². The standard InChI is InChI=1S/C16H19NO4/c1-9(2)7-13-14(16(18)19)15(17-21-13)11-5-6-12(20-4)10(3)8-11/h5-6,8-9H,7H2,1-4H3,(H,18,19). The maximum atomic E-state index is 11.5. The molecular weight excluding hydrogens is 270 g/mol. The van der Waals surface area contributed by atoms with E-state index in [0.29, 0.717) is 29.4 Å². The summed E-state index contributed by atoms with van der Waals surface area (Å²) in [6.07, 6.45) is 0.545. The number of rotatable bonds is 5. The molecule has 2 rings (SSSR count). The summed E-state index contributed by atoms with van der Waals surface area (Å²) in [4.78, 5) is 11.5. The van der Waals surface area contributed by atoms with Crippen LogP contribution in [-0.4, -0.2) is 23.3 Å². The first-order valence-electron chi connectivity index (χ1n) is 6.80. The molecule has 1 aromatic carbocycles. The molecule has 21 heavy (non-hydrogen) atoms. The smallest absolute Gasteiger partial charge is 0.341 e. The fourth-order valence-corrected chi connectivity index (χ4v) is 2.28. The summed E-state index contributed by atoms with van der Waals surface area (Å²) in [5.74, 6) is 0.444. The van der Waals surface area contributed by atoms with Gasteiger partial charge in [0.05, 0.1) is 7.11 Å². The van der Waals surface area contributed by atoms with E-state index in [4.69, 9.17) is 9.26 Å². The number of aromatic nitrogens is 1. The van der Waals surface area contributed by atoms with Crippen LogP contribution in [0.3, 0.4) is 0 Å². The number of benzene rings is 1. The third-order valence-corrected chi connectivity index (χ3v) is 3.24. The Morgan fingerprint density at radius 1 is 1.43 bits per heavy atom. The van der Waals surface area contributed by atoms with Crippen LogP contribution in [0, 0.1) is 12.8 Å². The molecule has 0 bridgehead atoms. The lowest BCUT2D eigenvalue weighted by Gasteiger charge is -2.06. The Morgan fingerprint density at radius 2 is 2.14 bits per heavy atom. The first kappa shape index (κ1) is 15.1. The maximum absolute atomic E-state index is 11.5. The minimum atomic E-state index is -1.02. The van der Waals surface area contributed by atoms with E-state index >= 15 is 0 Å². The molecule has 0 spiro atoms. The van der Waals surface area contributed by atoms with Gasteiger partial charge in [-0.25, -0.2) is 4.79 Å². The fraction of sp³-hybridized carbons (Fsp3) is 0.375. The predicted octanol–water partition coefficient (Wildman–Crippen LogP) is 3.56. The summed E-state index contributed by atoms with van der Waals surface area (Å²) in [6, 6.07) is 5.44. The van der Waals surface area contributed by atoms with Gasteiger partial charge in [0.15, 0.2) is 5.76 Å². The third kappa shape index (κ3) is 3.07. The SMILES string of the molecule is COc1ccc(-c2noc(CC(C)C)c2C(=O)O)cc1C. The fourth-order valence-electron chi connectivity index (χ4n) is 2.28. The maximum Gasteiger partial charge on any atom is 0.341 e. The highest BCUT2D eigenvalue weighted by molar-refractivity contribution is 5.95. The molecule has 0 atom stereocenters. The van der Waals surface area contributed by atoms with Crippen LogP contribution < -0.4 is 4.74 Å². The van der Waals surface area contributed by atoms with Gasteiger partial charge in [-0.2, -0.15) is 0 Å². The van der Waals surface area contributed by atoms with E-state index in [2.05, 4.69) is 5.16 Å². The minimum Gasteiger partial charge on any atom is -0.496 e. The molecule has 5 nitrogen and oxygen atoms in total. The van der Waals surface area contributed by atoms with Crippen LogP contribution in [0.5, 0.6) is 5.75 Å². The molecule has 0 aliphatic carbocycles. The molecule has 112 valence electrons. The van der Waals surface area contributed by atoms with E-state index in [9.17, 15) is 9.90 Å². The van der Waals surface area contributed by atoms with Crippen molar-refractivity contribution in [3.8, 4) is 17.0 Å². The topological polar surface area (TPSA) is 72.6 Å². The van der Waals surface area contributed by atoms with Crippen LogP contribution in [0.1, 0.15) is 35.5 Å². The number of hydrogen-bond acceptors (Lipinski definition) is 4. The number of carboxylic acid groups (broad SMARTS) is 1. The summed E-state index contributed by atoms with van der Waals surface area (Å²) >= 11 is 0. The lowest BCUT2D eigenvalue weighted by Crippen LogP contribution is -2.04. The molecule has 0 aliphatic heterocycles. The van der Waals surface area contributed by atoms with Crippen molar-refractivity contribution >= 4 is 5.97 Å². The number of nitrogens with zero attached hydrogens (tertiary/aromatic N) is 1. The summed E-state index contributed by atoms with van der Waals surface area (Å²) in [6.45, 7) is 5.91. The third-order valence-electron chi connectivity index (χ3n) is 3.24. The molecule has 0 fully saturated rings. The average molecular weight is 289 g/mol. The second kappa shape index (κ2) is 5.99. The Kier molecular flexibility index (Phi) is 4.31. The number of hydrogen-bond donors (Lipinski definition) is 1. The predicted molar refractivity (Wildman–Crippen MR) is 78.7 cm³/mol. The molecule has 0 amide bonds. The summed E-state index contributed by atoms with van der Waals surface area (Å²) in [5, 5.41) is 13.4. The monoisotopic (exact) mass is 289 g/mol. The summed E-state index contributed by atoms with van der Waals surface area (Å²) < 4.78 is 10.5. The molecule has 0 saturated carbocycles. The van der Waals surface area contributed by atoms with Gasteiger partial charge in [-0.05, 0) is 36.6 Å². The van der Waals surface area contributed by atoms with Gasteiger partial charge in [-0.3, -0.25) is 0 Å². The van der Waals surface area contributed by atoms with Crippen molar-refractivity contribution in [2.75, 3.05) is 7.11 Å². The lowest BCUT2D eigenvalue weighted by molar-refractivity contribution is 0.0695. The largest absolute Gasteiger partial charge is 0.496 e. The number of ether oxygens (including phenoxy) is 1. The van der Waals surface area contributed by atoms with Gasteiger partial charge >= 0.3 is 5.97 Å². The van der Waals surface area contributed by atoms with Crippen molar-refractivity contribution in [2.24, 2.45) is 5.92 Å².